The van der Waals surface area contributed by atoms with Crippen molar-refractivity contribution in [3.8, 4) is 0 Å². The summed E-state index contributed by atoms with van der Waals surface area (Å²) >= 11 is 0. The summed E-state index contributed by atoms with van der Waals surface area (Å²) in [5, 5.41) is 0. The molecule has 0 fully saturated rings. The average molecular weight is 211 g/mol. The Labute approximate surface area is 94.2 Å². The van der Waals surface area contributed by atoms with Gasteiger partial charge in [0.25, 0.3) is 0 Å². The monoisotopic (exact) mass is 211 g/mol. The average Bonchev–Trinajstić information content (AvgIpc) is 2.26. The maximum Gasteiger partial charge on any atom is 0.163 e. The highest BCUT2D eigenvalue weighted by molar-refractivity contribution is 6.26. The van der Waals surface area contributed by atoms with Crippen LogP contribution in [0.1, 0.15) is 65.2 Å². The van der Waals surface area contributed by atoms with Crippen LogP contribution in [0.15, 0.2) is 4.99 Å². The third-order valence-corrected chi connectivity index (χ3v) is 2.54. The van der Waals surface area contributed by atoms with Gasteiger partial charge in [0.1, 0.15) is 0 Å². The minimum absolute atomic E-state index is 0.623. The largest absolute Gasteiger partial charge is 0.297 e. The lowest BCUT2D eigenvalue weighted by Crippen LogP contribution is -1.94. The Morgan fingerprint density at radius 2 is 1.53 bits per heavy atom. The molecule has 2 nitrogen and oxygen atoms in total. The van der Waals surface area contributed by atoms with Gasteiger partial charge in [-0.1, -0.05) is 51.9 Å². The van der Waals surface area contributed by atoms with Crippen LogP contribution in [0.2, 0.25) is 0 Å². The number of aldehydes is 1. The lowest BCUT2D eigenvalue weighted by molar-refractivity contribution is -0.102. The van der Waals surface area contributed by atoms with Gasteiger partial charge in [-0.15, -0.1) is 0 Å². The first-order chi connectivity index (χ1) is 7.31. The highest BCUT2D eigenvalue weighted by Crippen LogP contribution is 2.08. The summed E-state index contributed by atoms with van der Waals surface area (Å²) in [6, 6.07) is 0. The van der Waals surface area contributed by atoms with Crippen molar-refractivity contribution < 1.29 is 4.79 Å². The van der Waals surface area contributed by atoms with Gasteiger partial charge in [0.05, 0.1) is 5.71 Å². The van der Waals surface area contributed by atoms with Crippen LogP contribution >= 0.6 is 0 Å². The van der Waals surface area contributed by atoms with Gasteiger partial charge in [-0.2, -0.15) is 0 Å². The van der Waals surface area contributed by atoms with Crippen LogP contribution in [0.25, 0.3) is 0 Å². The van der Waals surface area contributed by atoms with Crippen molar-refractivity contribution in [2.24, 2.45) is 4.99 Å². The Balaban J connectivity index is 3.08. The van der Waals surface area contributed by atoms with E-state index in [1.54, 1.807) is 6.92 Å². The Hall–Kier alpha value is -0.660. The second-order valence-corrected chi connectivity index (χ2v) is 4.12. The van der Waals surface area contributed by atoms with Gasteiger partial charge in [-0.3, -0.25) is 9.79 Å². The Kier molecular flexibility index (Phi) is 10.9. The summed E-state index contributed by atoms with van der Waals surface area (Å²) < 4.78 is 0. The normalized spacial score (nSPS) is 11.7. The number of hydrogen-bond donors (Lipinski definition) is 0. The molecule has 15 heavy (non-hydrogen) atoms. The highest BCUT2D eigenvalue weighted by atomic mass is 16.1. The van der Waals surface area contributed by atoms with Crippen molar-refractivity contribution in [3.05, 3.63) is 0 Å². The Morgan fingerprint density at radius 3 is 2.07 bits per heavy atom. The number of rotatable bonds is 10. The van der Waals surface area contributed by atoms with Gasteiger partial charge in [-0.05, 0) is 13.3 Å². The van der Waals surface area contributed by atoms with Gasteiger partial charge in [0.15, 0.2) is 6.29 Å². The van der Waals surface area contributed by atoms with E-state index in [4.69, 9.17) is 0 Å². The lowest BCUT2D eigenvalue weighted by Gasteiger charge is -1.99. The van der Waals surface area contributed by atoms with Crippen molar-refractivity contribution in [3.63, 3.8) is 0 Å². The number of nitrogens with zero attached hydrogens (tertiary/aromatic N) is 1. The summed E-state index contributed by atoms with van der Waals surface area (Å²) in [6.45, 7) is 4.82. The molecule has 0 aliphatic heterocycles. The number of carbonyl (C=O) groups is 1. The zero-order chi connectivity index (χ0) is 11.4. The summed E-state index contributed by atoms with van der Waals surface area (Å²) in [6.07, 6.45) is 11.3. The molecule has 2 heteroatoms. The van der Waals surface area contributed by atoms with E-state index in [1.807, 2.05) is 0 Å². The molecule has 0 unspecified atom stereocenters. The van der Waals surface area contributed by atoms with E-state index in [-0.39, 0.29) is 0 Å². The molecule has 0 aromatic heterocycles. The molecule has 0 aliphatic rings. The maximum atomic E-state index is 10.2. The summed E-state index contributed by atoms with van der Waals surface area (Å²) in [5.74, 6) is 0. The zero-order valence-electron chi connectivity index (χ0n) is 10.3. The van der Waals surface area contributed by atoms with Crippen LogP contribution < -0.4 is 0 Å². The number of aliphatic imine (C=N–C) groups is 1. The first-order valence-electron chi connectivity index (χ1n) is 6.27. The van der Waals surface area contributed by atoms with E-state index in [0.29, 0.717) is 5.71 Å². The second-order valence-electron chi connectivity index (χ2n) is 4.12. The number of hydrogen-bond acceptors (Lipinski definition) is 2. The zero-order valence-corrected chi connectivity index (χ0v) is 10.3. The van der Waals surface area contributed by atoms with E-state index in [9.17, 15) is 4.79 Å². The smallest absolute Gasteiger partial charge is 0.163 e. The molecular weight excluding hydrogens is 186 g/mol. The van der Waals surface area contributed by atoms with Crippen LogP contribution in [0.4, 0.5) is 0 Å². The van der Waals surface area contributed by atoms with E-state index < -0.39 is 0 Å². The third-order valence-electron chi connectivity index (χ3n) is 2.54. The Morgan fingerprint density at radius 1 is 1.00 bits per heavy atom. The lowest BCUT2D eigenvalue weighted by atomic mass is 10.1. The fraction of sp³-hybridized carbons (Fsp3) is 0.846. The second kappa shape index (κ2) is 11.4. The van der Waals surface area contributed by atoms with Gasteiger partial charge in [-0.25, -0.2) is 0 Å². The third kappa shape index (κ3) is 11.3. The van der Waals surface area contributed by atoms with Crippen LogP contribution in [0.5, 0.6) is 0 Å². The molecule has 0 aromatic rings. The molecule has 0 N–H and O–H groups in total. The molecule has 0 saturated heterocycles. The number of carbonyl (C=O) groups excluding carboxylic acids is 1. The van der Waals surface area contributed by atoms with Gasteiger partial charge < -0.3 is 0 Å². The molecule has 0 saturated carbocycles. The molecule has 0 heterocycles. The molecule has 0 bridgehead atoms. The van der Waals surface area contributed by atoms with Crippen LogP contribution in [-0.4, -0.2) is 18.5 Å². The Bertz CT molecular complexity index is 175. The standard InChI is InChI=1S/C13H25NO/c1-3-4-5-6-7-8-9-10-11-14-13(2)12-15/h12H,3-11H2,1-2H3. The molecule has 0 amide bonds. The topological polar surface area (TPSA) is 29.4 Å². The first kappa shape index (κ1) is 14.3. The van der Waals surface area contributed by atoms with Gasteiger partial charge in [0, 0.05) is 6.54 Å². The fourth-order valence-electron chi connectivity index (χ4n) is 1.54. The molecule has 0 spiro atoms. The van der Waals surface area contributed by atoms with Crippen molar-refractivity contribution >= 4 is 12.0 Å². The minimum atomic E-state index is 0.623. The van der Waals surface area contributed by atoms with Gasteiger partial charge >= 0.3 is 0 Å². The van der Waals surface area contributed by atoms with Crippen molar-refractivity contribution in [2.75, 3.05) is 6.54 Å². The molecule has 0 aromatic carbocycles. The van der Waals surface area contributed by atoms with Gasteiger partial charge in [0.2, 0.25) is 0 Å². The molecule has 88 valence electrons. The first-order valence-corrected chi connectivity index (χ1v) is 6.27. The van der Waals surface area contributed by atoms with Crippen molar-refractivity contribution in [2.45, 2.75) is 65.2 Å². The van der Waals surface area contributed by atoms with E-state index in [0.717, 1.165) is 19.3 Å². The quantitative estimate of drug-likeness (QED) is 0.307. The van der Waals surface area contributed by atoms with Crippen molar-refractivity contribution in [1.82, 2.24) is 0 Å². The predicted octanol–water partition coefficient (Wildman–Crippen LogP) is 3.79. The summed E-state index contributed by atoms with van der Waals surface area (Å²) in [5.41, 5.74) is 0.623. The van der Waals surface area contributed by atoms with Crippen LogP contribution in [-0.2, 0) is 4.79 Å². The van der Waals surface area contributed by atoms with E-state index in [1.165, 1.54) is 44.9 Å². The summed E-state index contributed by atoms with van der Waals surface area (Å²) in [7, 11) is 0. The molecule has 0 radical (unpaired) electrons. The number of unbranched alkanes of at least 4 members (excludes halogenated alkanes) is 7. The SMILES string of the molecule is CCCCCCCCCCN=C(C)C=O. The van der Waals surface area contributed by atoms with Crippen molar-refractivity contribution in [1.29, 1.82) is 0 Å². The maximum absolute atomic E-state index is 10.2. The van der Waals surface area contributed by atoms with E-state index in [2.05, 4.69) is 11.9 Å². The molecule has 0 atom stereocenters. The van der Waals surface area contributed by atoms with Crippen LogP contribution in [0.3, 0.4) is 0 Å². The molecule has 0 aliphatic carbocycles. The summed E-state index contributed by atoms with van der Waals surface area (Å²) in [4.78, 5) is 14.4. The fourth-order valence-corrected chi connectivity index (χ4v) is 1.54. The molecular formula is C13H25NO. The van der Waals surface area contributed by atoms with E-state index >= 15 is 0 Å². The van der Waals surface area contributed by atoms with Crippen LogP contribution in [0, 0.1) is 0 Å². The highest BCUT2D eigenvalue weighted by Gasteiger charge is 1.91. The molecule has 0 rings (SSSR count). The minimum Gasteiger partial charge on any atom is -0.297 e. The predicted molar refractivity (Wildman–Crippen MR) is 66.7 cm³/mol.